The van der Waals surface area contributed by atoms with Gasteiger partial charge in [0.25, 0.3) is 11.6 Å². The number of nitro benzene ring substituents is 1. The summed E-state index contributed by atoms with van der Waals surface area (Å²) in [5, 5.41) is 15.4. The van der Waals surface area contributed by atoms with E-state index in [0.29, 0.717) is 6.54 Å². The number of nitro groups is 1. The summed E-state index contributed by atoms with van der Waals surface area (Å²) in [7, 11) is 0. The molecule has 7 heteroatoms. The van der Waals surface area contributed by atoms with E-state index in [1.807, 2.05) is 18.4 Å². The van der Waals surface area contributed by atoms with Crippen LogP contribution in [0.2, 0.25) is 5.02 Å². The number of rotatable bonds is 5. The van der Waals surface area contributed by atoms with E-state index in [4.69, 9.17) is 11.6 Å². The van der Waals surface area contributed by atoms with Crippen molar-refractivity contribution >= 4 is 34.5 Å². The zero-order valence-electron chi connectivity index (χ0n) is 11.3. The Labute approximate surface area is 130 Å². The fourth-order valence-electron chi connectivity index (χ4n) is 1.93. The number of carbonyl (C=O) groups excluding carboxylic acids is 1. The predicted molar refractivity (Wildman–Crippen MR) is 83.0 cm³/mol. The number of thiophene rings is 1. The van der Waals surface area contributed by atoms with Crippen molar-refractivity contribution in [1.29, 1.82) is 0 Å². The first kappa shape index (κ1) is 15.5. The number of aryl methyl sites for hydroxylation is 1. The molecule has 2 rings (SSSR count). The van der Waals surface area contributed by atoms with Gasteiger partial charge in [0.1, 0.15) is 5.02 Å². The third kappa shape index (κ3) is 3.40. The van der Waals surface area contributed by atoms with E-state index < -0.39 is 10.8 Å². The summed E-state index contributed by atoms with van der Waals surface area (Å²) in [6.07, 6.45) is 0.895. The molecule has 0 aliphatic rings. The molecule has 0 bridgehead atoms. The van der Waals surface area contributed by atoms with E-state index in [1.54, 1.807) is 11.3 Å². The average Bonchev–Trinajstić information content (AvgIpc) is 2.92. The molecule has 0 radical (unpaired) electrons. The minimum atomic E-state index is -0.604. The molecule has 0 aliphatic carbocycles. The highest BCUT2D eigenvalue weighted by Crippen LogP contribution is 2.27. The second-order valence-corrected chi connectivity index (χ2v) is 5.68. The van der Waals surface area contributed by atoms with Crippen molar-refractivity contribution < 1.29 is 9.72 Å². The van der Waals surface area contributed by atoms with Gasteiger partial charge in [0.15, 0.2) is 0 Å². The van der Waals surface area contributed by atoms with E-state index in [2.05, 4.69) is 5.32 Å². The molecule has 1 N–H and O–H groups in total. The Morgan fingerprint density at radius 2 is 2.19 bits per heavy atom. The van der Waals surface area contributed by atoms with Crippen LogP contribution in [0.15, 0.2) is 29.6 Å². The third-order valence-corrected chi connectivity index (χ3v) is 4.41. The van der Waals surface area contributed by atoms with Crippen LogP contribution in [-0.4, -0.2) is 10.8 Å². The standard InChI is InChI=1S/C14H13ClN2O3S/c1-2-9-6-7-21-12(9)8-16-14(18)10-4-3-5-11(13(10)15)17(19)20/h3-7H,2,8H2,1H3,(H,16,18). The Morgan fingerprint density at radius 1 is 1.43 bits per heavy atom. The largest absolute Gasteiger partial charge is 0.347 e. The summed E-state index contributed by atoms with van der Waals surface area (Å²) in [4.78, 5) is 23.4. The number of carbonyl (C=O) groups is 1. The van der Waals surface area contributed by atoms with Crippen molar-refractivity contribution in [3.8, 4) is 0 Å². The van der Waals surface area contributed by atoms with Gasteiger partial charge in [-0.3, -0.25) is 14.9 Å². The second-order valence-electron chi connectivity index (χ2n) is 4.30. The molecule has 0 saturated carbocycles. The van der Waals surface area contributed by atoms with Crippen molar-refractivity contribution in [2.75, 3.05) is 0 Å². The summed E-state index contributed by atoms with van der Waals surface area (Å²) in [5.41, 5.74) is 1.03. The van der Waals surface area contributed by atoms with Gasteiger partial charge in [0.05, 0.1) is 17.0 Å². The van der Waals surface area contributed by atoms with Crippen LogP contribution in [0.4, 0.5) is 5.69 Å². The van der Waals surface area contributed by atoms with Gasteiger partial charge in [-0.25, -0.2) is 0 Å². The molecular weight excluding hydrogens is 312 g/mol. The molecule has 1 aromatic carbocycles. The van der Waals surface area contributed by atoms with Gasteiger partial charge in [-0.05, 0) is 29.5 Å². The number of halogens is 1. The maximum absolute atomic E-state index is 12.1. The van der Waals surface area contributed by atoms with Gasteiger partial charge in [-0.2, -0.15) is 0 Å². The van der Waals surface area contributed by atoms with Crippen LogP contribution in [0.25, 0.3) is 0 Å². The van der Waals surface area contributed by atoms with Gasteiger partial charge in [0.2, 0.25) is 0 Å². The van der Waals surface area contributed by atoms with Crippen LogP contribution in [0.5, 0.6) is 0 Å². The average molecular weight is 325 g/mol. The number of hydrogen-bond donors (Lipinski definition) is 1. The molecule has 0 atom stereocenters. The number of hydrogen-bond acceptors (Lipinski definition) is 4. The molecule has 0 spiro atoms. The van der Waals surface area contributed by atoms with Crippen LogP contribution in [-0.2, 0) is 13.0 Å². The Kier molecular flexibility index (Phi) is 4.93. The van der Waals surface area contributed by atoms with Crippen molar-refractivity contribution in [2.45, 2.75) is 19.9 Å². The molecule has 1 amide bonds. The Balaban J connectivity index is 2.14. The lowest BCUT2D eigenvalue weighted by Gasteiger charge is -2.07. The van der Waals surface area contributed by atoms with Gasteiger partial charge >= 0.3 is 0 Å². The lowest BCUT2D eigenvalue weighted by molar-refractivity contribution is -0.384. The smallest absolute Gasteiger partial charge is 0.288 e. The summed E-state index contributed by atoms with van der Waals surface area (Å²) in [6, 6.07) is 6.21. The molecule has 21 heavy (non-hydrogen) atoms. The monoisotopic (exact) mass is 324 g/mol. The molecule has 0 saturated heterocycles. The highest BCUT2D eigenvalue weighted by molar-refractivity contribution is 7.10. The Morgan fingerprint density at radius 3 is 2.86 bits per heavy atom. The fourth-order valence-corrected chi connectivity index (χ4v) is 3.13. The van der Waals surface area contributed by atoms with Gasteiger partial charge in [-0.15, -0.1) is 11.3 Å². The zero-order valence-corrected chi connectivity index (χ0v) is 12.8. The van der Waals surface area contributed by atoms with Gasteiger partial charge in [0, 0.05) is 10.9 Å². The predicted octanol–water partition coefficient (Wildman–Crippen LogP) is 3.80. The summed E-state index contributed by atoms with van der Waals surface area (Å²) >= 11 is 7.49. The van der Waals surface area contributed by atoms with Gasteiger partial charge in [-0.1, -0.05) is 24.6 Å². The van der Waals surface area contributed by atoms with Crippen LogP contribution in [0.1, 0.15) is 27.7 Å². The lowest BCUT2D eigenvalue weighted by atomic mass is 10.1. The maximum atomic E-state index is 12.1. The first-order valence-corrected chi connectivity index (χ1v) is 7.56. The zero-order chi connectivity index (χ0) is 15.4. The van der Waals surface area contributed by atoms with E-state index in [0.717, 1.165) is 11.3 Å². The molecule has 2 aromatic rings. The molecule has 0 fully saturated rings. The number of amides is 1. The minimum absolute atomic E-state index is 0.112. The Bertz CT molecular complexity index is 685. The summed E-state index contributed by atoms with van der Waals surface area (Å²) in [6.45, 7) is 2.43. The molecule has 1 aromatic heterocycles. The van der Waals surface area contributed by atoms with Crippen LogP contribution in [0, 0.1) is 10.1 Å². The number of nitrogens with zero attached hydrogens (tertiary/aromatic N) is 1. The summed E-state index contributed by atoms with van der Waals surface area (Å²) < 4.78 is 0. The molecule has 0 unspecified atom stereocenters. The van der Waals surface area contributed by atoms with E-state index in [-0.39, 0.29) is 16.3 Å². The Hall–Kier alpha value is -1.92. The molecule has 110 valence electrons. The molecule has 0 aliphatic heterocycles. The van der Waals surface area contributed by atoms with Crippen LogP contribution in [0.3, 0.4) is 0 Å². The second kappa shape index (κ2) is 6.69. The number of benzene rings is 1. The topological polar surface area (TPSA) is 72.2 Å². The minimum Gasteiger partial charge on any atom is -0.347 e. The van der Waals surface area contributed by atoms with Crippen molar-refractivity contribution in [2.24, 2.45) is 0 Å². The van der Waals surface area contributed by atoms with Crippen LogP contribution < -0.4 is 5.32 Å². The van der Waals surface area contributed by atoms with Crippen molar-refractivity contribution in [1.82, 2.24) is 5.32 Å². The maximum Gasteiger partial charge on any atom is 0.288 e. The quantitative estimate of drug-likeness (QED) is 0.671. The third-order valence-electron chi connectivity index (χ3n) is 3.05. The van der Waals surface area contributed by atoms with Crippen molar-refractivity contribution in [3.63, 3.8) is 0 Å². The molecular formula is C14H13ClN2O3S. The normalized spacial score (nSPS) is 10.4. The van der Waals surface area contributed by atoms with E-state index in [1.165, 1.54) is 23.8 Å². The lowest BCUT2D eigenvalue weighted by Crippen LogP contribution is -2.23. The van der Waals surface area contributed by atoms with E-state index >= 15 is 0 Å². The van der Waals surface area contributed by atoms with Crippen molar-refractivity contribution in [3.05, 3.63) is 60.8 Å². The first-order valence-electron chi connectivity index (χ1n) is 6.31. The fraction of sp³-hybridized carbons (Fsp3) is 0.214. The highest BCUT2D eigenvalue weighted by Gasteiger charge is 2.19. The summed E-state index contributed by atoms with van der Waals surface area (Å²) in [5.74, 6) is -0.417. The molecule has 1 heterocycles. The SMILES string of the molecule is CCc1ccsc1CNC(=O)c1cccc([N+](=O)[O-])c1Cl. The van der Waals surface area contributed by atoms with Gasteiger partial charge < -0.3 is 5.32 Å². The van der Waals surface area contributed by atoms with Crippen LogP contribution >= 0.6 is 22.9 Å². The first-order chi connectivity index (χ1) is 10.0. The van der Waals surface area contributed by atoms with E-state index in [9.17, 15) is 14.9 Å². The number of nitrogens with one attached hydrogen (secondary N) is 1. The highest BCUT2D eigenvalue weighted by atomic mass is 35.5. The molecule has 5 nitrogen and oxygen atoms in total.